The van der Waals surface area contributed by atoms with E-state index < -0.39 is 23.8 Å². The summed E-state index contributed by atoms with van der Waals surface area (Å²) >= 11 is 0. The summed E-state index contributed by atoms with van der Waals surface area (Å²) in [5, 5.41) is 14.5. The van der Waals surface area contributed by atoms with E-state index in [0.717, 1.165) is 12.1 Å². The molecule has 0 fully saturated rings. The van der Waals surface area contributed by atoms with Crippen LogP contribution >= 0.6 is 0 Å². The Morgan fingerprint density at radius 3 is 2.54 bits per heavy atom. The average molecular weight is 374 g/mol. The minimum Gasteiger partial charge on any atom is -0.480 e. The molecule has 0 aromatic heterocycles. The molecule has 0 saturated carbocycles. The molecule has 5 nitrogen and oxygen atoms in total. The zero-order chi connectivity index (χ0) is 19.7. The van der Waals surface area contributed by atoms with Crippen molar-refractivity contribution in [3.8, 4) is 0 Å². The van der Waals surface area contributed by atoms with Gasteiger partial charge in [-0.15, -0.1) is 0 Å². The van der Waals surface area contributed by atoms with Crippen LogP contribution in [0.4, 0.5) is 13.2 Å². The molecule has 0 spiro atoms. The van der Waals surface area contributed by atoms with Gasteiger partial charge in [-0.05, 0) is 43.0 Å². The van der Waals surface area contributed by atoms with E-state index in [4.69, 9.17) is 5.11 Å². The van der Waals surface area contributed by atoms with E-state index in [0.29, 0.717) is 24.9 Å². The maximum absolute atomic E-state index is 12.7. The first-order valence-corrected chi connectivity index (χ1v) is 8.52. The van der Waals surface area contributed by atoms with Gasteiger partial charge in [-0.1, -0.05) is 26.0 Å². The molecule has 3 N–H and O–H groups in total. The smallest absolute Gasteiger partial charge is 0.416 e. The van der Waals surface area contributed by atoms with Gasteiger partial charge in [0.15, 0.2) is 0 Å². The third kappa shape index (κ3) is 7.86. The molecule has 0 aliphatic carbocycles. The Hall–Kier alpha value is -2.09. The minimum atomic E-state index is -4.41. The molecule has 0 aliphatic heterocycles. The highest BCUT2D eigenvalue weighted by Crippen LogP contribution is 2.29. The Morgan fingerprint density at radius 2 is 1.96 bits per heavy atom. The number of hydrogen-bond donors (Lipinski definition) is 3. The molecule has 0 radical (unpaired) electrons. The van der Waals surface area contributed by atoms with E-state index in [-0.39, 0.29) is 24.8 Å². The van der Waals surface area contributed by atoms with Crippen molar-refractivity contribution in [1.29, 1.82) is 0 Å². The largest absolute Gasteiger partial charge is 0.480 e. The second kappa shape index (κ2) is 10.2. The third-order valence-corrected chi connectivity index (χ3v) is 4.01. The first-order chi connectivity index (χ1) is 12.1. The average Bonchev–Trinajstić information content (AvgIpc) is 2.56. The summed E-state index contributed by atoms with van der Waals surface area (Å²) in [6.07, 6.45) is -3.08. The van der Waals surface area contributed by atoms with Crippen molar-refractivity contribution in [1.82, 2.24) is 10.6 Å². The van der Waals surface area contributed by atoms with Crippen LogP contribution in [0, 0.1) is 5.92 Å². The highest BCUT2D eigenvalue weighted by atomic mass is 19.4. The maximum Gasteiger partial charge on any atom is 0.416 e. The standard InChI is InChI=1S/C18H25F3N2O3/c1-3-15(17(25)26)22-8-7-12(2)9-16(24)23-11-13-5-4-6-14(10-13)18(19,20)21/h4-6,10,12,15,22H,3,7-9,11H2,1-2H3,(H,23,24)(H,25,26)/t12?,15-/m1/s1. The number of carboxylic acid groups (broad SMARTS) is 1. The SMILES string of the molecule is CC[C@@H](NCCC(C)CC(=O)NCc1cccc(C(F)(F)F)c1)C(=O)O. The van der Waals surface area contributed by atoms with Crippen LogP contribution in [0.15, 0.2) is 24.3 Å². The van der Waals surface area contributed by atoms with Gasteiger partial charge in [-0.2, -0.15) is 13.2 Å². The molecule has 0 bridgehead atoms. The van der Waals surface area contributed by atoms with Gasteiger partial charge in [0.1, 0.15) is 6.04 Å². The normalized spacial score (nSPS) is 13.9. The minimum absolute atomic E-state index is 0.0234. The lowest BCUT2D eigenvalue weighted by molar-refractivity contribution is -0.140. The summed E-state index contributed by atoms with van der Waals surface area (Å²) in [4.78, 5) is 22.8. The number of nitrogens with one attached hydrogen (secondary N) is 2. The Kier molecular flexibility index (Phi) is 8.57. The highest BCUT2D eigenvalue weighted by Gasteiger charge is 2.30. The van der Waals surface area contributed by atoms with Gasteiger partial charge in [-0.3, -0.25) is 9.59 Å². The van der Waals surface area contributed by atoms with Crippen molar-refractivity contribution in [2.75, 3.05) is 6.54 Å². The zero-order valence-electron chi connectivity index (χ0n) is 14.9. The number of benzene rings is 1. The number of amides is 1. The molecule has 0 saturated heterocycles. The topological polar surface area (TPSA) is 78.4 Å². The molecule has 146 valence electrons. The van der Waals surface area contributed by atoms with Gasteiger partial charge in [0, 0.05) is 13.0 Å². The van der Waals surface area contributed by atoms with Gasteiger partial charge < -0.3 is 15.7 Å². The molecule has 8 heteroatoms. The number of aliphatic carboxylic acids is 1. The lowest BCUT2D eigenvalue weighted by Crippen LogP contribution is -2.37. The molecule has 0 heterocycles. The fourth-order valence-corrected chi connectivity index (χ4v) is 2.46. The molecule has 1 rings (SSSR count). The van der Waals surface area contributed by atoms with Crippen LogP contribution in [0.1, 0.15) is 44.2 Å². The second-order valence-corrected chi connectivity index (χ2v) is 6.33. The Labute approximate surface area is 151 Å². The summed E-state index contributed by atoms with van der Waals surface area (Å²) in [5.74, 6) is -1.13. The summed E-state index contributed by atoms with van der Waals surface area (Å²) in [5.41, 5.74) is -0.359. The van der Waals surface area contributed by atoms with Crippen LogP contribution in [0.3, 0.4) is 0 Å². The van der Waals surface area contributed by atoms with Crippen LogP contribution in [-0.2, 0) is 22.3 Å². The summed E-state index contributed by atoms with van der Waals surface area (Å²) in [6, 6.07) is 4.24. The van der Waals surface area contributed by atoms with Crippen LogP contribution in [-0.4, -0.2) is 29.6 Å². The lowest BCUT2D eigenvalue weighted by Gasteiger charge is -2.15. The van der Waals surface area contributed by atoms with Gasteiger partial charge in [-0.25, -0.2) is 0 Å². The van der Waals surface area contributed by atoms with E-state index in [9.17, 15) is 22.8 Å². The maximum atomic E-state index is 12.7. The van der Waals surface area contributed by atoms with Gasteiger partial charge in [0.05, 0.1) is 5.56 Å². The van der Waals surface area contributed by atoms with Crippen molar-refractivity contribution < 1.29 is 27.9 Å². The van der Waals surface area contributed by atoms with E-state index in [1.807, 2.05) is 6.92 Å². The quantitative estimate of drug-likeness (QED) is 0.588. The predicted molar refractivity (Wildman–Crippen MR) is 91.4 cm³/mol. The highest BCUT2D eigenvalue weighted by molar-refractivity contribution is 5.76. The van der Waals surface area contributed by atoms with E-state index >= 15 is 0 Å². The number of carbonyl (C=O) groups is 2. The Morgan fingerprint density at radius 1 is 1.27 bits per heavy atom. The second-order valence-electron chi connectivity index (χ2n) is 6.33. The number of carbonyl (C=O) groups excluding carboxylic acids is 1. The molecule has 1 amide bonds. The zero-order valence-corrected chi connectivity index (χ0v) is 14.9. The van der Waals surface area contributed by atoms with Crippen molar-refractivity contribution in [2.45, 2.75) is 51.9 Å². The Bertz CT molecular complexity index is 606. The van der Waals surface area contributed by atoms with Gasteiger partial charge in [0.25, 0.3) is 0 Å². The number of alkyl halides is 3. The number of hydrogen-bond acceptors (Lipinski definition) is 3. The first kappa shape index (κ1) is 22.0. The van der Waals surface area contributed by atoms with E-state index in [2.05, 4.69) is 10.6 Å². The Balaban J connectivity index is 2.37. The van der Waals surface area contributed by atoms with Crippen molar-refractivity contribution in [3.63, 3.8) is 0 Å². The molecular formula is C18H25F3N2O3. The summed E-state index contributed by atoms with van der Waals surface area (Å²) < 4.78 is 38.0. The number of halogens is 3. The molecular weight excluding hydrogens is 349 g/mol. The summed E-state index contributed by atoms with van der Waals surface area (Å²) in [7, 11) is 0. The van der Waals surface area contributed by atoms with Crippen molar-refractivity contribution in [3.05, 3.63) is 35.4 Å². The number of rotatable bonds is 10. The molecule has 26 heavy (non-hydrogen) atoms. The molecule has 1 aromatic carbocycles. The van der Waals surface area contributed by atoms with Gasteiger partial charge in [0.2, 0.25) is 5.91 Å². The van der Waals surface area contributed by atoms with Crippen molar-refractivity contribution in [2.24, 2.45) is 5.92 Å². The monoisotopic (exact) mass is 374 g/mol. The van der Waals surface area contributed by atoms with Crippen LogP contribution in [0.25, 0.3) is 0 Å². The van der Waals surface area contributed by atoms with E-state index in [1.165, 1.54) is 12.1 Å². The van der Waals surface area contributed by atoms with Gasteiger partial charge >= 0.3 is 12.1 Å². The fraction of sp³-hybridized carbons (Fsp3) is 0.556. The van der Waals surface area contributed by atoms with Crippen LogP contribution in [0.2, 0.25) is 0 Å². The number of carboxylic acids is 1. The van der Waals surface area contributed by atoms with Crippen molar-refractivity contribution >= 4 is 11.9 Å². The first-order valence-electron chi connectivity index (χ1n) is 8.52. The molecule has 1 unspecified atom stereocenters. The van der Waals surface area contributed by atoms with Crippen LogP contribution < -0.4 is 10.6 Å². The summed E-state index contributed by atoms with van der Waals surface area (Å²) in [6.45, 7) is 4.15. The third-order valence-electron chi connectivity index (χ3n) is 4.01. The van der Waals surface area contributed by atoms with E-state index in [1.54, 1.807) is 6.92 Å². The molecule has 2 atom stereocenters. The fourth-order valence-electron chi connectivity index (χ4n) is 2.46. The molecule has 1 aromatic rings. The predicted octanol–water partition coefficient (Wildman–Crippen LogP) is 3.19. The molecule has 0 aliphatic rings. The lowest BCUT2D eigenvalue weighted by atomic mass is 10.0. The van der Waals surface area contributed by atoms with Crippen LogP contribution in [0.5, 0.6) is 0 Å².